The van der Waals surface area contributed by atoms with Crippen molar-refractivity contribution in [2.75, 3.05) is 0 Å². The van der Waals surface area contributed by atoms with Gasteiger partial charge in [0.15, 0.2) is 0 Å². The summed E-state index contributed by atoms with van der Waals surface area (Å²) in [6.45, 7) is 0. The lowest BCUT2D eigenvalue weighted by atomic mass is 9.85. The second-order valence-electron chi connectivity index (χ2n) is 5.79. The summed E-state index contributed by atoms with van der Waals surface area (Å²) in [6, 6.07) is 7.78. The molecule has 2 amide bonds. The number of allylic oxidation sites excluding steroid dienone is 2. The molecule has 1 aromatic carbocycles. The van der Waals surface area contributed by atoms with Gasteiger partial charge >= 0.3 is 0 Å². The molecule has 4 rings (SSSR count). The van der Waals surface area contributed by atoms with Crippen LogP contribution in [0.4, 0.5) is 0 Å². The third-order valence-corrected chi connectivity index (χ3v) is 5.29. The molecule has 21 heavy (non-hydrogen) atoms. The van der Waals surface area contributed by atoms with Crippen molar-refractivity contribution in [3.05, 3.63) is 45.6 Å². The number of hydrogen-bond acceptors (Lipinski definition) is 3. The predicted molar refractivity (Wildman–Crippen MR) is 86.3 cm³/mol. The van der Waals surface area contributed by atoms with Gasteiger partial charge in [0.05, 0.1) is 18.1 Å². The Balaban J connectivity index is 1.60. The number of hydrazone groups is 1. The lowest BCUT2D eigenvalue weighted by molar-refractivity contribution is -0.140. The zero-order chi connectivity index (χ0) is 14.6. The fourth-order valence-corrected chi connectivity index (χ4v) is 4.28. The lowest BCUT2D eigenvalue weighted by Crippen LogP contribution is -2.28. The first-order valence-corrected chi connectivity index (χ1v) is 8.09. The van der Waals surface area contributed by atoms with E-state index in [1.54, 1.807) is 6.21 Å². The Morgan fingerprint density at radius 3 is 2.43 bits per heavy atom. The fraction of sp³-hybridized carbons (Fsp3) is 0.312. The van der Waals surface area contributed by atoms with E-state index in [0.29, 0.717) is 0 Å². The Labute approximate surface area is 136 Å². The van der Waals surface area contributed by atoms with E-state index in [1.165, 1.54) is 0 Å². The van der Waals surface area contributed by atoms with Crippen LogP contribution in [-0.2, 0) is 9.59 Å². The molecular formula is C16H13IN2O2. The van der Waals surface area contributed by atoms with Gasteiger partial charge in [-0.3, -0.25) is 9.59 Å². The summed E-state index contributed by atoms with van der Waals surface area (Å²) in [7, 11) is 0. The van der Waals surface area contributed by atoms with Crippen LogP contribution in [-0.4, -0.2) is 23.0 Å². The van der Waals surface area contributed by atoms with E-state index in [2.05, 4.69) is 39.8 Å². The highest BCUT2D eigenvalue weighted by molar-refractivity contribution is 14.1. The maximum Gasteiger partial charge on any atom is 0.254 e. The first kappa shape index (κ1) is 13.2. The predicted octanol–water partition coefficient (Wildman–Crippen LogP) is 2.43. The monoisotopic (exact) mass is 392 g/mol. The van der Waals surface area contributed by atoms with Gasteiger partial charge in [-0.2, -0.15) is 10.1 Å². The molecule has 0 spiro atoms. The summed E-state index contributed by atoms with van der Waals surface area (Å²) in [5, 5.41) is 5.24. The van der Waals surface area contributed by atoms with Gasteiger partial charge in [0.1, 0.15) is 0 Å². The summed E-state index contributed by atoms with van der Waals surface area (Å²) >= 11 is 2.22. The van der Waals surface area contributed by atoms with E-state index in [0.717, 1.165) is 20.6 Å². The van der Waals surface area contributed by atoms with E-state index >= 15 is 0 Å². The van der Waals surface area contributed by atoms with Gasteiger partial charge < -0.3 is 0 Å². The minimum atomic E-state index is -0.180. The van der Waals surface area contributed by atoms with E-state index in [-0.39, 0.29) is 35.5 Å². The Bertz CT molecular complexity index is 667. The van der Waals surface area contributed by atoms with Gasteiger partial charge in [-0.25, -0.2) is 0 Å². The van der Waals surface area contributed by atoms with E-state index in [1.807, 2.05) is 24.3 Å². The van der Waals surface area contributed by atoms with Crippen LogP contribution in [0.1, 0.15) is 12.0 Å². The first-order valence-electron chi connectivity index (χ1n) is 7.01. The van der Waals surface area contributed by atoms with Crippen molar-refractivity contribution in [2.45, 2.75) is 6.42 Å². The number of rotatable bonds is 2. The molecule has 106 valence electrons. The topological polar surface area (TPSA) is 49.7 Å². The van der Waals surface area contributed by atoms with Crippen LogP contribution < -0.4 is 0 Å². The van der Waals surface area contributed by atoms with Gasteiger partial charge in [-0.15, -0.1) is 0 Å². The van der Waals surface area contributed by atoms with Gasteiger partial charge in [0.25, 0.3) is 11.8 Å². The van der Waals surface area contributed by atoms with Crippen LogP contribution in [0.15, 0.2) is 41.5 Å². The molecule has 3 aliphatic rings. The number of fused-ring (bicyclic) bond motifs is 5. The molecule has 0 aromatic heterocycles. The van der Waals surface area contributed by atoms with Crippen LogP contribution in [0.3, 0.4) is 0 Å². The molecular weight excluding hydrogens is 379 g/mol. The molecule has 0 unspecified atom stereocenters. The zero-order valence-electron chi connectivity index (χ0n) is 11.1. The molecule has 0 radical (unpaired) electrons. The summed E-state index contributed by atoms with van der Waals surface area (Å²) in [5.74, 6) is -0.169. The molecule has 0 N–H and O–H groups in total. The summed E-state index contributed by atoms with van der Waals surface area (Å²) in [5.41, 5.74) is 0.889. The summed E-state index contributed by atoms with van der Waals surface area (Å²) in [6.07, 6.45) is 6.71. The third-order valence-electron chi connectivity index (χ3n) is 4.62. The zero-order valence-corrected chi connectivity index (χ0v) is 13.3. The van der Waals surface area contributed by atoms with E-state index < -0.39 is 0 Å². The molecule has 1 saturated heterocycles. The number of hydrogen-bond donors (Lipinski definition) is 0. The van der Waals surface area contributed by atoms with E-state index in [4.69, 9.17) is 0 Å². The maximum absolute atomic E-state index is 12.4. The molecule has 4 atom stereocenters. The van der Waals surface area contributed by atoms with Gasteiger partial charge in [0.2, 0.25) is 0 Å². The van der Waals surface area contributed by atoms with Crippen molar-refractivity contribution >= 4 is 40.6 Å². The van der Waals surface area contributed by atoms with Crippen molar-refractivity contribution in [2.24, 2.45) is 28.8 Å². The Morgan fingerprint density at radius 1 is 1.14 bits per heavy atom. The lowest BCUT2D eigenvalue weighted by Gasteiger charge is -2.13. The molecule has 4 nitrogen and oxygen atoms in total. The van der Waals surface area contributed by atoms with Gasteiger partial charge in [0, 0.05) is 3.57 Å². The summed E-state index contributed by atoms with van der Waals surface area (Å²) < 4.78 is 1.09. The Morgan fingerprint density at radius 2 is 1.81 bits per heavy atom. The molecule has 5 heteroatoms. The highest BCUT2D eigenvalue weighted by atomic mass is 127. The third kappa shape index (κ3) is 1.97. The van der Waals surface area contributed by atoms with Crippen molar-refractivity contribution in [3.8, 4) is 0 Å². The number of halogens is 1. The first-order chi connectivity index (χ1) is 10.1. The molecule has 1 aromatic rings. The highest BCUT2D eigenvalue weighted by Crippen LogP contribution is 2.52. The number of carbonyl (C=O) groups excluding carboxylic acids is 2. The second-order valence-corrected chi connectivity index (χ2v) is 7.03. The van der Waals surface area contributed by atoms with Crippen LogP contribution in [0.25, 0.3) is 0 Å². The van der Waals surface area contributed by atoms with Crippen LogP contribution >= 0.6 is 22.6 Å². The average Bonchev–Trinajstić information content (AvgIpc) is 3.12. The number of amides is 2. The standard InChI is InChI=1S/C16H13IN2O2/c17-12-3-1-2-9(6-12)8-18-19-15(20)13-10-4-5-11(7-10)14(13)16(19)21/h1-6,8,10-11,13-14H,7H2/b18-8-/t10-,11-,13-,14+/m1/s1. The quantitative estimate of drug-likeness (QED) is 0.336. The smallest absolute Gasteiger partial charge is 0.254 e. The Kier molecular flexibility index (Phi) is 2.99. The van der Waals surface area contributed by atoms with Crippen molar-refractivity contribution in [1.29, 1.82) is 0 Å². The highest BCUT2D eigenvalue weighted by Gasteiger charge is 2.59. The minimum Gasteiger partial charge on any atom is -0.272 e. The molecule has 1 heterocycles. The van der Waals surface area contributed by atoms with Crippen molar-refractivity contribution in [1.82, 2.24) is 5.01 Å². The average molecular weight is 392 g/mol. The van der Waals surface area contributed by atoms with Gasteiger partial charge in [-0.05, 0) is 58.5 Å². The van der Waals surface area contributed by atoms with Crippen LogP contribution in [0, 0.1) is 27.2 Å². The normalized spacial score (nSPS) is 33.5. The van der Waals surface area contributed by atoms with Gasteiger partial charge in [-0.1, -0.05) is 24.3 Å². The second kappa shape index (κ2) is 4.76. The van der Waals surface area contributed by atoms with Crippen molar-refractivity contribution in [3.63, 3.8) is 0 Å². The van der Waals surface area contributed by atoms with Crippen LogP contribution in [0.5, 0.6) is 0 Å². The number of carbonyl (C=O) groups is 2. The number of benzene rings is 1. The Hall–Kier alpha value is -1.50. The summed E-state index contributed by atoms with van der Waals surface area (Å²) in [4.78, 5) is 24.9. The van der Waals surface area contributed by atoms with Crippen LogP contribution in [0.2, 0.25) is 0 Å². The SMILES string of the molecule is O=C1[C@@H]2[C@H](C(=O)N1/N=C\c1cccc(I)c1)[C@@H]1C=C[C@@H]2C1. The number of nitrogens with zero attached hydrogens (tertiary/aromatic N) is 2. The van der Waals surface area contributed by atoms with Crippen molar-refractivity contribution < 1.29 is 9.59 Å². The molecule has 2 aliphatic carbocycles. The largest absolute Gasteiger partial charge is 0.272 e. The molecule has 2 bridgehead atoms. The molecule has 2 fully saturated rings. The minimum absolute atomic E-state index is 0.135. The molecule has 1 aliphatic heterocycles. The number of imide groups is 1. The molecule has 1 saturated carbocycles. The maximum atomic E-state index is 12.4. The van der Waals surface area contributed by atoms with E-state index in [9.17, 15) is 9.59 Å². The fourth-order valence-electron chi connectivity index (χ4n) is 3.71.